The highest BCUT2D eigenvalue weighted by molar-refractivity contribution is 6.23. The van der Waals surface area contributed by atoms with Gasteiger partial charge < -0.3 is 29.7 Å². The smallest absolute Gasteiger partial charge is 0.262 e. The monoisotopic (exact) mass is 754 g/mol. The van der Waals surface area contributed by atoms with Crippen LogP contribution in [0.3, 0.4) is 0 Å². The molecule has 3 N–H and O–H groups in total. The number of ether oxygens (including phenoxy) is 1. The van der Waals surface area contributed by atoms with Gasteiger partial charge in [0.2, 0.25) is 17.7 Å². The lowest BCUT2D eigenvalue weighted by Crippen LogP contribution is -2.54. The van der Waals surface area contributed by atoms with Crippen LogP contribution in [0.1, 0.15) is 85.0 Å². The topological polar surface area (TPSA) is 201 Å². The van der Waals surface area contributed by atoms with Crippen LogP contribution in [-0.4, -0.2) is 128 Å². The molecule has 6 amide bonds. The molecule has 1 atom stereocenters. The zero-order chi connectivity index (χ0) is 38.2. The highest BCUT2D eigenvalue weighted by Gasteiger charge is 2.45. The number of imidazole rings is 1. The fourth-order valence-corrected chi connectivity index (χ4v) is 8.59. The lowest BCUT2D eigenvalue weighted by molar-refractivity contribution is -0.136. The summed E-state index contributed by atoms with van der Waals surface area (Å²) in [5.41, 5.74) is 1.86. The van der Waals surface area contributed by atoms with E-state index in [-0.39, 0.29) is 60.2 Å². The number of amides is 6. The van der Waals surface area contributed by atoms with Gasteiger partial charge in [0.1, 0.15) is 23.6 Å². The van der Waals surface area contributed by atoms with Gasteiger partial charge in [-0.1, -0.05) is 0 Å². The summed E-state index contributed by atoms with van der Waals surface area (Å²) in [5.74, 6) is -0.349. The second kappa shape index (κ2) is 15.4. The number of fused-ring (bicyclic) bond motifs is 2. The molecule has 6 heterocycles. The molecule has 5 aliphatic rings. The molecule has 0 bridgehead atoms. The van der Waals surface area contributed by atoms with E-state index in [4.69, 9.17) is 4.74 Å². The number of benzene rings is 1. The van der Waals surface area contributed by atoms with Crippen LogP contribution in [0, 0.1) is 11.8 Å². The minimum Gasteiger partial charge on any atom is -0.484 e. The fraction of sp³-hybridized carbons (Fsp3) is 0.553. The number of piperidine rings is 3. The molecule has 3 aromatic rings. The van der Waals surface area contributed by atoms with Gasteiger partial charge in [0.25, 0.3) is 17.7 Å². The Morgan fingerprint density at radius 2 is 1.65 bits per heavy atom. The predicted octanol–water partition coefficient (Wildman–Crippen LogP) is 1.51. The summed E-state index contributed by atoms with van der Waals surface area (Å²) in [6.45, 7) is 6.58. The highest BCUT2D eigenvalue weighted by atomic mass is 16.5. The fourth-order valence-electron chi connectivity index (χ4n) is 8.59. The van der Waals surface area contributed by atoms with Crippen molar-refractivity contribution in [3.63, 3.8) is 0 Å². The van der Waals surface area contributed by atoms with Gasteiger partial charge in [0.05, 0.1) is 17.5 Å². The summed E-state index contributed by atoms with van der Waals surface area (Å²) in [7, 11) is 0. The van der Waals surface area contributed by atoms with Crippen LogP contribution in [-0.2, 0) is 19.2 Å². The van der Waals surface area contributed by atoms with Crippen molar-refractivity contribution in [3.05, 3.63) is 42.0 Å². The van der Waals surface area contributed by atoms with E-state index >= 15 is 0 Å². The molecule has 1 aliphatic carbocycles. The third kappa shape index (κ3) is 7.61. The van der Waals surface area contributed by atoms with Gasteiger partial charge in [0.15, 0.2) is 18.1 Å². The first kappa shape index (κ1) is 36.5. The van der Waals surface area contributed by atoms with Crippen molar-refractivity contribution in [2.75, 3.05) is 51.2 Å². The van der Waals surface area contributed by atoms with E-state index < -0.39 is 29.7 Å². The number of nitrogens with zero attached hydrogens (tertiary/aromatic N) is 7. The molecule has 1 aromatic carbocycles. The number of anilines is 1. The van der Waals surface area contributed by atoms with Gasteiger partial charge in [0, 0.05) is 51.6 Å². The first-order valence-corrected chi connectivity index (χ1v) is 19.3. The van der Waals surface area contributed by atoms with Crippen LogP contribution in [0.4, 0.5) is 5.82 Å². The number of imide groups is 2. The minimum atomic E-state index is -1.04. The van der Waals surface area contributed by atoms with Gasteiger partial charge in [-0.3, -0.25) is 39.0 Å². The second-order valence-electron chi connectivity index (χ2n) is 15.5. The van der Waals surface area contributed by atoms with Crippen LogP contribution in [0.2, 0.25) is 0 Å². The Kier molecular flexibility index (Phi) is 10.2. The molecule has 55 heavy (non-hydrogen) atoms. The predicted molar refractivity (Wildman–Crippen MR) is 197 cm³/mol. The third-order valence-corrected chi connectivity index (χ3v) is 11.8. The molecule has 3 saturated heterocycles. The van der Waals surface area contributed by atoms with Crippen molar-refractivity contribution in [1.29, 1.82) is 0 Å². The molecule has 290 valence electrons. The minimum absolute atomic E-state index is 0.00166. The van der Waals surface area contributed by atoms with Gasteiger partial charge in [-0.05, 0) is 88.1 Å². The SMILES string of the molecule is CC(=O)NC1CC(n2cnc3c(NCC4CCN(CC5CCN(C(=O)COc6ccc7c(c6)C(=O)N(C6CCC(=O)NC6=O)C7=O)CC5)CC4)ncnc32)C1. The second-order valence-corrected chi connectivity index (χ2v) is 15.5. The van der Waals surface area contributed by atoms with E-state index in [1.54, 1.807) is 19.3 Å². The van der Waals surface area contributed by atoms with Crippen LogP contribution >= 0.6 is 0 Å². The molecule has 0 spiro atoms. The molecule has 1 saturated carbocycles. The Morgan fingerprint density at radius 1 is 0.909 bits per heavy atom. The molecular formula is C38H46N10O7. The first-order valence-electron chi connectivity index (χ1n) is 19.3. The van der Waals surface area contributed by atoms with Crippen molar-refractivity contribution in [2.45, 2.75) is 76.4 Å². The maximum Gasteiger partial charge on any atom is 0.262 e. The molecular weight excluding hydrogens is 708 g/mol. The average Bonchev–Trinajstić information content (AvgIpc) is 3.70. The Labute approximate surface area is 317 Å². The summed E-state index contributed by atoms with van der Waals surface area (Å²) in [5, 5.41) is 8.71. The molecule has 17 heteroatoms. The molecule has 2 aromatic heterocycles. The number of likely N-dealkylation sites (tertiary alicyclic amines) is 2. The first-order chi connectivity index (χ1) is 26.6. The van der Waals surface area contributed by atoms with Crippen LogP contribution < -0.4 is 20.7 Å². The van der Waals surface area contributed by atoms with E-state index in [9.17, 15) is 28.8 Å². The Balaban J connectivity index is 0.745. The molecule has 0 radical (unpaired) electrons. The maximum atomic E-state index is 13.1. The van der Waals surface area contributed by atoms with Gasteiger partial charge in [-0.15, -0.1) is 0 Å². The van der Waals surface area contributed by atoms with Crippen LogP contribution in [0.25, 0.3) is 11.2 Å². The van der Waals surface area contributed by atoms with Crippen LogP contribution in [0.15, 0.2) is 30.9 Å². The summed E-state index contributed by atoms with van der Waals surface area (Å²) < 4.78 is 7.87. The Hall–Kier alpha value is -5.45. The van der Waals surface area contributed by atoms with E-state index in [2.05, 4.69) is 40.4 Å². The lowest BCUT2D eigenvalue weighted by atomic mass is 9.86. The van der Waals surface area contributed by atoms with Gasteiger partial charge in [-0.25, -0.2) is 15.0 Å². The van der Waals surface area contributed by atoms with Crippen molar-refractivity contribution >= 4 is 52.4 Å². The average molecular weight is 755 g/mol. The quantitative estimate of drug-likeness (QED) is 0.239. The lowest BCUT2D eigenvalue weighted by Gasteiger charge is -2.37. The summed E-state index contributed by atoms with van der Waals surface area (Å²) >= 11 is 0. The largest absolute Gasteiger partial charge is 0.484 e. The standard InChI is InChI=1S/C38H46N10O7/c1-22(49)43-25-14-26(15-25)47-21-42-33-34(40-20-41-35(33)47)39-17-23-6-10-45(11-7-23)18-24-8-12-46(13-9-24)32(51)19-55-27-2-3-28-29(16-27)38(54)48(37(28)53)30-4-5-31(50)44-36(30)52/h2-3,16,20-21,23-26,30H,4-15,17-19H2,1H3,(H,43,49)(H,39,40,41)(H,44,50,52). The van der Waals surface area contributed by atoms with Crippen molar-refractivity contribution in [3.8, 4) is 5.75 Å². The number of hydrogen-bond acceptors (Lipinski definition) is 12. The zero-order valence-corrected chi connectivity index (χ0v) is 30.9. The van der Waals surface area contributed by atoms with Crippen molar-refractivity contribution in [2.24, 2.45) is 11.8 Å². The van der Waals surface area contributed by atoms with Crippen LogP contribution in [0.5, 0.6) is 5.75 Å². The number of hydrogen-bond donors (Lipinski definition) is 3. The summed E-state index contributed by atoms with van der Waals surface area (Å²) in [6, 6.07) is 3.88. The summed E-state index contributed by atoms with van der Waals surface area (Å²) in [4.78, 5) is 93.3. The van der Waals surface area contributed by atoms with Crippen molar-refractivity contribution in [1.82, 2.24) is 44.9 Å². The Bertz CT molecular complexity index is 2010. The third-order valence-electron chi connectivity index (χ3n) is 11.8. The van der Waals surface area contributed by atoms with Gasteiger partial charge >= 0.3 is 0 Å². The number of aromatic nitrogens is 4. The normalized spacial score (nSPS) is 23.8. The molecule has 1 unspecified atom stereocenters. The Morgan fingerprint density at radius 3 is 2.40 bits per heavy atom. The van der Waals surface area contributed by atoms with E-state index in [0.717, 1.165) is 86.6 Å². The maximum absolute atomic E-state index is 13.1. The van der Waals surface area contributed by atoms with E-state index in [1.165, 1.54) is 12.1 Å². The van der Waals surface area contributed by atoms with Gasteiger partial charge in [-0.2, -0.15) is 0 Å². The molecule has 4 fully saturated rings. The molecule has 8 rings (SSSR count). The van der Waals surface area contributed by atoms with E-state index in [1.807, 2.05) is 11.2 Å². The number of carbonyl (C=O) groups excluding carboxylic acids is 6. The number of nitrogens with one attached hydrogen (secondary N) is 3. The zero-order valence-electron chi connectivity index (χ0n) is 30.9. The highest BCUT2D eigenvalue weighted by Crippen LogP contribution is 2.35. The van der Waals surface area contributed by atoms with E-state index in [0.29, 0.717) is 24.9 Å². The number of rotatable bonds is 11. The van der Waals surface area contributed by atoms with Crippen molar-refractivity contribution < 1.29 is 33.5 Å². The summed E-state index contributed by atoms with van der Waals surface area (Å²) in [6.07, 6.45) is 9.31. The molecule has 17 nitrogen and oxygen atoms in total. The number of carbonyl (C=O) groups is 6. The molecule has 4 aliphatic heterocycles.